The molecule has 8 heteroatoms. The number of nitrogens with zero attached hydrogens (tertiary/aromatic N) is 1. The average Bonchev–Trinajstić information content (AvgIpc) is 3.13. The summed E-state index contributed by atoms with van der Waals surface area (Å²) in [5.41, 5.74) is 1.30. The fraction of sp³-hybridized carbons (Fsp3) is 0.500. The molecule has 3 unspecified atom stereocenters. The fourth-order valence-electron chi connectivity index (χ4n) is 5.03. The zero-order chi connectivity index (χ0) is 19.4. The largest absolute Gasteiger partial charge is 0.382 e. The van der Waals surface area contributed by atoms with E-state index in [9.17, 15) is 19.2 Å². The molecule has 28 heavy (non-hydrogen) atoms. The predicted molar refractivity (Wildman–Crippen MR) is 99.7 cm³/mol. The standard InChI is InChI=1S/C20H22N4O4/c25-16-7-6-15(18(26)23-16)24-19(27)13-2-1-3-14(17(13)20(24)28)22-12-8-10-4-5-11(9-12)21-10/h1-3,10-12,15,21-22H,4-9H2,(H,23,25,26). The first-order chi connectivity index (χ1) is 13.5. The molecule has 3 saturated heterocycles. The number of amides is 4. The van der Waals surface area contributed by atoms with Gasteiger partial charge in [0.2, 0.25) is 11.8 Å². The molecule has 4 aliphatic heterocycles. The molecule has 0 radical (unpaired) electrons. The van der Waals surface area contributed by atoms with E-state index in [1.165, 1.54) is 12.8 Å². The first kappa shape index (κ1) is 17.4. The number of benzene rings is 1. The minimum Gasteiger partial charge on any atom is -0.382 e. The van der Waals surface area contributed by atoms with Gasteiger partial charge < -0.3 is 10.6 Å². The summed E-state index contributed by atoms with van der Waals surface area (Å²) in [7, 11) is 0. The van der Waals surface area contributed by atoms with Gasteiger partial charge in [0.25, 0.3) is 11.8 Å². The van der Waals surface area contributed by atoms with Crippen molar-refractivity contribution in [2.45, 2.75) is 62.7 Å². The molecule has 3 N–H and O–H groups in total. The first-order valence-corrected chi connectivity index (χ1v) is 9.88. The molecule has 8 nitrogen and oxygen atoms in total. The second-order valence-corrected chi connectivity index (χ2v) is 8.13. The molecule has 3 fully saturated rings. The summed E-state index contributed by atoms with van der Waals surface area (Å²) in [6, 6.07) is 5.53. The van der Waals surface area contributed by atoms with Crippen LogP contribution in [0.4, 0.5) is 5.69 Å². The normalized spacial score (nSPS) is 31.8. The molecular formula is C20H22N4O4. The van der Waals surface area contributed by atoms with Crippen LogP contribution in [0.5, 0.6) is 0 Å². The Bertz CT molecular complexity index is 886. The van der Waals surface area contributed by atoms with Crippen LogP contribution in [-0.4, -0.2) is 52.7 Å². The van der Waals surface area contributed by atoms with Crippen molar-refractivity contribution in [2.75, 3.05) is 5.32 Å². The molecule has 0 aromatic heterocycles. The van der Waals surface area contributed by atoms with Gasteiger partial charge in [-0.2, -0.15) is 0 Å². The lowest BCUT2D eigenvalue weighted by molar-refractivity contribution is -0.136. The van der Waals surface area contributed by atoms with Crippen LogP contribution >= 0.6 is 0 Å². The quantitative estimate of drug-likeness (QED) is 0.667. The minimum atomic E-state index is -0.937. The third kappa shape index (κ3) is 2.71. The highest BCUT2D eigenvalue weighted by molar-refractivity contribution is 6.25. The zero-order valence-electron chi connectivity index (χ0n) is 15.4. The van der Waals surface area contributed by atoms with Gasteiger partial charge in [-0.1, -0.05) is 6.07 Å². The maximum absolute atomic E-state index is 13.1. The van der Waals surface area contributed by atoms with Crippen LogP contribution in [0.25, 0.3) is 0 Å². The highest BCUT2D eigenvalue weighted by Crippen LogP contribution is 2.35. The molecule has 0 saturated carbocycles. The Morgan fingerprint density at radius 3 is 2.43 bits per heavy atom. The molecule has 4 aliphatic rings. The number of rotatable bonds is 3. The molecule has 2 bridgehead atoms. The van der Waals surface area contributed by atoms with Crippen molar-refractivity contribution in [3.05, 3.63) is 29.3 Å². The SMILES string of the molecule is O=C1CCC(N2C(=O)c3cccc(NC4CC5CCC(C4)N5)c3C2=O)C(=O)N1. The molecule has 146 valence electrons. The Hall–Kier alpha value is -2.74. The van der Waals surface area contributed by atoms with Crippen LogP contribution in [-0.2, 0) is 9.59 Å². The van der Waals surface area contributed by atoms with E-state index in [0.29, 0.717) is 28.9 Å². The number of piperidine rings is 2. The summed E-state index contributed by atoms with van der Waals surface area (Å²) in [5, 5.41) is 9.30. The summed E-state index contributed by atoms with van der Waals surface area (Å²) in [6.45, 7) is 0. The van der Waals surface area contributed by atoms with Gasteiger partial charge in [-0.15, -0.1) is 0 Å². The monoisotopic (exact) mass is 382 g/mol. The number of carbonyl (C=O) groups is 4. The van der Waals surface area contributed by atoms with Crippen molar-refractivity contribution in [1.82, 2.24) is 15.5 Å². The Morgan fingerprint density at radius 2 is 1.71 bits per heavy atom. The fourth-order valence-corrected chi connectivity index (χ4v) is 5.03. The lowest BCUT2D eigenvalue weighted by Gasteiger charge is -2.31. The predicted octanol–water partition coefficient (Wildman–Crippen LogP) is 0.783. The number of anilines is 1. The van der Waals surface area contributed by atoms with E-state index in [-0.39, 0.29) is 24.8 Å². The van der Waals surface area contributed by atoms with E-state index < -0.39 is 23.8 Å². The average molecular weight is 382 g/mol. The van der Waals surface area contributed by atoms with E-state index in [1.807, 2.05) is 6.07 Å². The Labute approximate surface area is 162 Å². The van der Waals surface area contributed by atoms with Gasteiger partial charge in [0.05, 0.1) is 11.1 Å². The summed E-state index contributed by atoms with van der Waals surface area (Å²) in [5.74, 6) is -1.89. The third-order valence-corrected chi connectivity index (χ3v) is 6.30. The van der Waals surface area contributed by atoms with Gasteiger partial charge in [-0.25, -0.2) is 0 Å². The molecule has 5 rings (SSSR count). The van der Waals surface area contributed by atoms with Crippen LogP contribution in [0, 0.1) is 0 Å². The molecule has 4 amide bonds. The van der Waals surface area contributed by atoms with Gasteiger partial charge in [0.1, 0.15) is 6.04 Å². The van der Waals surface area contributed by atoms with Crippen LogP contribution in [0.3, 0.4) is 0 Å². The first-order valence-electron chi connectivity index (χ1n) is 9.88. The van der Waals surface area contributed by atoms with Gasteiger partial charge in [-0.3, -0.25) is 29.4 Å². The maximum atomic E-state index is 13.1. The number of fused-ring (bicyclic) bond motifs is 3. The van der Waals surface area contributed by atoms with Gasteiger partial charge in [-0.05, 0) is 44.2 Å². The van der Waals surface area contributed by atoms with E-state index in [0.717, 1.165) is 17.7 Å². The molecular weight excluding hydrogens is 360 g/mol. The highest BCUT2D eigenvalue weighted by Gasteiger charge is 2.46. The molecule has 0 aliphatic carbocycles. The van der Waals surface area contributed by atoms with E-state index in [2.05, 4.69) is 16.0 Å². The van der Waals surface area contributed by atoms with Crippen molar-refractivity contribution < 1.29 is 19.2 Å². The second kappa shape index (κ2) is 6.41. The van der Waals surface area contributed by atoms with Crippen molar-refractivity contribution in [3.63, 3.8) is 0 Å². The Balaban J connectivity index is 1.42. The second-order valence-electron chi connectivity index (χ2n) is 8.13. The Kier molecular flexibility index (Phi) is 3.97. The third-order valence-electron chi connectivity index (χ3n) is 6.30. The topological polar surface area (TPSA) is 108 Å². The van der Waals surface area contributed by atoms with Gasteiger partial charge in [0.15, 0.2) is 0 Å². The highest BCUT2D eigenvalue weighted by atomic mass is 16.2. The number of nitrogens with one attached hydrogen (secondary N) is 3. The van der Waals surface area contributed by atoms with Gasteiger partial charge in [0, 0.05) is 30.2 Å². The summed E-state index contributed by atoms with van der Waals surface area (Å²) < 4.78 is 0. The van der Waals surface area contributed by atoms with Crippen molar-refractivity contribution in [1.29, 1.82) is 0 Å². The molecule has 0 spiro atoms. The van der Waals surface area contributed by atoms with E-state index >= 15 is 0 Å². The van der Waals surface area contributed by atoms with Gasteiger partial charge >= 0.3 is 0 Å². The zero-order valence-corrected chi connectivity index (χ0v) is 15.4. The smallest absolute Gasteiger partial charge is 0.264 e. The van der Waals surface area contributed by atoms with Crippen LogP contribution < -0.4 is 16.0 Å². The molecule has 1 aromatic carbocycles. The van der Waals surface area contributed by atoms with Crippen molar-refractivity contribution in [3.8, 4) is 0 Å². The lowest BCUT2D eigenvalue weighted by Crippen LogP contribution is -2.54. The maximum Gasteiger partial charge on any atom is 0.264 e. The summed E-state index contributed by atoms with van der Waals surface area (Å²) >= 11 is 0. The number of hydrogen-bond acceptors (Lipinski definition) is 6. The lowest BCUT2D eigenvalue weighted by atomic mass is 9.98. The van der Waals surface area contributed by atoms with Crippen molar-refractivity contribution >= 4 is 29.3 Å². The molecule has 1 aromatic rings. The van der Waals surface area contributed by atoms with E-state index in [1.54, 1.807) is 12.1 Å². The van der Waals surface area contributed by atoms with Crippen molar-refractivity contribution in [2.24, 2.45) is 0 Å². The number of imide groups is 2. The summed E-state index contributed by atoms with van der Waals surface area (Å²) in [6.07, 6.45) is 4.61. The molecule has 4 heterocycles. The minimum absolute atomic E-state index is 0.118. The van der Waals surface area contributed by atoms with Crippen LogP contribution in [0.2, 0.25) is 0 Å². The summed E-state index contributed by atoms with van der Waals surface area (Å²) in [4.78, 5) is 50.7. The van der Waals surface area contributed by atoms with Crippen LogP contribution in [0.1, 0.15) is 59.2 Å². The number of hydrogen-bond donors (Lipinski definition) is 3. The molecule has 3 atom stereocenters. The number of carbonyl (C=O) groups excluding carboxylic acids is 4. The Morgan fingerprint density at radius 1 is 0.964 bits per heavy atom. The van der Waals surface area contributed by atoms with Crippen LogP contribution in [0.15, 0.2) is 18.2 Å². The van der Waals surface area contributed by atoms with E-state index in [4.69, 9.17) is 0 Å².